The molecule has 0 unspecified atom stereocenters. The van der Waals surface area contributed by atoms with Gasteiger partial charge in [-0.1, -0.05) is 30.3 Å². The van der Waals surface area contributed by atoms with E-state index < -0.39 is 0 Å². The smallest absolute Gasteiger partial charge is 0.224 e. The quantitative estimate of drug-likeness (QED) is 0.759. The molecule has 2 atom stereocenters. The lowest BCUT2D eigenvalue weighted by molar-refractivity contribution is 0.309. The normalized spacial score (nSPS) is 20.7. The molecule has 0 amide bonds. The molecule has 1 saturated heterocycles. The molecule has 128 valence electrons. The number of aromatic nitrogens is 4. The van der Waals surface area contributed by atoms with E-state index in [1.54, 1.807) is 10.9 Å². The predicted octanol–water partition coefficient (Wildman–Crippen LogP) is 2.10. The van der Waals surface area contributed by atoms with Gasteiger partial charge in [-0.15, -0.1) is 0 Å². The maximum Gasteiger partial charge on any atom is 0.224 e. The van der Waals surface area contributed by atoms with Gasteiger partial charge in [0.05, 0.1) is 6.04 Å². The molecule has 4 rings (SSSR count). The highest BCUT2D eigenvalue weighted by atomic mass is 15.3. The minimum Gasteiger partial charge on any atom is -0.368 e. The molecule has 0 saturated carbocycles. The maximum atomic E-state index is 5.90. The van der Waals surface area contributed by atoms with E-state index in [4.69, 9.17) is 5.73 Å². The van der Waals surface area contributed by atoms with Gasteiger partial charge in [0, 0.05) is 31.0 Å². The van der Waals surface area contributed by atoms with Gasteiger partial charge in [0.2, 0.25) is 5.95 Å². The number of nitrogens with zero attached hydrogens (tertiary/aromatic N) is 5. The van der Waals surface area contributed by atoms with Gasteiger partial charge in [0.1, 0.15) is 5.82 Å². The van der Waals surface area contributed by atoms with Crippen molar-refractivity contribution in [2.45, 2.75) is 18.5 Å². The second-order valence-corrected chi connectivity index (χ2v) is 6.30. The third kappa shape index (κ3) is 3.18. The molecule has 0 aliphatic carbocycles. The second kappa shape index (κ2) is 6.52. The summed E-state index contributed by atoms with van der Waals surface area (Å²) in [4.78, 5) is 11.0. The summed E-state index contributed by atoms with van der Waals surface area (Å²) in [5.74, 6) is 1.61. The highest BCUT2D eigenvalue weighted by Crippen LogP contribution is 2.32. The molecule has 0 radical (unpaired) electrons. The monoisotopic (exact) mass is 335 g/mol. The van der Waals surface area contributed by atoms with Gasteiger partial charge in [-0.2, -0.15) is 15.1 Å². The van der Waals surface area contributed by atoms with Crippen LogP contribution in [0.15, 0.2) is 54.9 Å². The summed E-state index contributed by atoms with van der Waals surface area (Å²) in [6, 6.07) is 14.8. The fraction of sp³-hybridized carbons (Fsp3) is 0.278. The Morgan fingerprint density at radius 1 is 1.16 bits per heavy atom. The number of nitrogens with one attached hydrogen (secondary N) is 1. The number of nitrogen functional groups attached to an aromatic ring is 1. The number of anilines is 2. The molecule has 25 heavy (non-hydrogen) atoms. The molecule has 0 spiro atoms. The summed E-state index contributed by atoms with van der Waals surface area (Å²) in [5, 5.41) is 7.76. The van der Waals surface area contributed by atoms with Gasteiger partial charge in [0.15, 0.2) is 5.82 Å². The van der Waals surface area contributed by atoms with E-state index in [1.807, 2.05) is 24.4 Å². The lowest BCUT2D eigenvalue weighted by Gasteiger charge is -2.26. The molecule has 1 aromatic carbocycles. The minimum absolute atomic E-state index is 0.234. The summed E-state index contributed by atoms with van der Waals surface area (Å²) >= 11 is 0. The fourth-order valence-corrected chi connectivity index (χ4v) is 3.47. The lowest BCUT2D eigenvalue weighted by Crippen LogP contribution is -2.29. The average Bonchev–Trinajstić information content (AvgIpc) is 3.26. The van der Waals surface area contributed by atoms with Crippen LogP contribution in [0.25, 0.3) is 5.82 Å². The van der Waals surface area contributed by atoms with E-state index >= 15 is 0 Å². The fourth-order valence-electron chi connectivity index (χ4n) is 3.47. The standard InChI is InChI=1S/C18H21N7/c1-24-11-8-14(17(24)13-6-3-2-4-7-13)21-15-12-16(23-18(19)22-15)25-10-5-9-20-25/h2-7,9-10,12,14,17H,8,11H2,1H3,(H3,19,21,22,23)/t14-,17+/m0/s1. The minimum atomic E-state index is 0.234. The molecular formula is C18H21N7. The zero-order valence-corrected chi connectivity index (χ0v) is 14.1. The number of nitrogens with two attached hydrogens (primary N) is 1. The second-order valence-electron chi connectivity index (χ2n) is 6.30. The maximum absolute atomic E-state index is 5.90. The van der Waals surface area contributed by atoms with Gasteiger partial charge >= 0.3 is 0 Å². The Morgan fingerprint density at radius 3 is 2.76 bits per heavy atom. The first-order valence-corrected chi connectivity index (χ1v) is 8.37. The summed E-state index contributed by atoms with van der Waals surface area (Å²) in [6.45, 7) is 1.03. The largest absolute Gasteiger partial charge is 0.368 e. The number of hydrogen-bond donors (Lipinski definition) is 2. The van der Waals surface area contributed by atoms with E-state index in [2.05, 4.69) is 56.6 Å². The molecule has 0 bridgehead atoms. The van der Waals surface area contributed by atoms with Crippen LogP contribution in [0.4, 0.5) is 11.8 Å². The van der Waals surface area contributed by atoms with Crippen LogP contribution in [0.5, 0.6) is 0 Å². The average molecular weight is 335 g/mol. The van der Waals surface area contributed by atoms with Crippen LogP contribution in [0.2, 0.25) is 0 Å². The molecule has 7 heteroatoms. The van der Waals surface area contributed by atoms with Gasteiger partial charge < -0.3 is 11.1 Å². The third-order valence-corrected chi connectivity index (χ3v) is 4.59. The number of hydrogen-bond acceptors (Lipinski definition) is 6. The van der Waals surface area contributed by atoms with Crippen molar-refractivity contribution in [2.24, 2.45) is 0 Å². The molecule has 3 heterocycles. The Bertz CT molecular complexity index is 832. The van der Waals surface area contributed by atoms with Crippen LogP contribution in [0.3, 0.4) is 0 Å². The zero-order chi connectivity index (χ0) is 17.2. The van der Waals surface area contributed by atoms with E-state index in [9.17, 15) is 0 Å². The van der Waals surface area contributed by atoms with Crippen LogP contribution in [-0.4, -0.2) is 44.3 Å². The summed E-state index contributed by atoms with van der Waals surface area (Å²) < 4.78 is 1.68. The van der Waals surface area contributed by atoms with Gasteiger partial charge in [-0.05, 0) is 25.1 Å². The van der Waals surface area contributed by atoms with Crippen LogP contribution >= 0.6 is 0 Å². The third-order valence-electron chi connectivity index (χ3n) is 4.59. The molecule has 1 fully saturated rings. The molecule has 3 aromatic rings. The Labute approximate surface area is 146 Å². The lowest BCUT2D eigenvalue weighted by atomic mass is 10.0. The number of likely N-dealkylation sites (N-methyl/N-ethyl adjacent to an activating group) is 1. The van der Waals surface area contributed by atoms with Crippen molar-refractivity contribution in [3.8, 4) is 5.82 Å². The Kier molecular flexibility index (Phi) is 4.07. The first kappa shape index (κ1) is 15.6. The van der Waals surface area contributed by atoms with Gasteiger partial charge in [-0.25, -0.2) is 4.68 Å². The van der Waals surface area contributed by atoms with Gasteiger partial charge in [-0.3, -0.25) is 4.90 Å². The number of rotatable bonds is 4. The molecule has 3 N–H and O–H groups in total. The van der Waals surface area contributed by atoms with Crippen molar-refractivity contribution in [1.29, 1.82) is 0 Å². The topological polar surface area (TPSA) is 84.9 Å². The number of likely N-dealkylation sites (tertiary alicyclic amines) is 1. The van der Waals surface area contributed by atoms with Gasteiger partial charge in [0.25, 0.3) is 0 Å². The molecule has 1 aliphatic heterocycles. The first-order valence-electron chi connectivity index (χ1n) is 8.37. The Hall–Kier alpha value is -2.93. The van der Waals surface area contributed by atoms with E-state index in [-0.39, 0.29) is 12.0 Å². The van der Waals surface area contributed by atoms with Crippen molar-refractivity contribution in [1.82, 2.24) is 24.6 Å². The van der Waals surface area contributed by atoms with Crippen LogP contribution in [0, 0.1) is 0 Å². The van der Waals surface area contributed by atoms with Crippen LogP contribution in [-0.2, 0) is 0 Å². The molecule has 2 aromatic heterocycles. The summed E-state index contributed by atoms with van der Waals surface area (Å²) in [6.07, 6.45) is 4.58. The zero-order valence-electron chi connectivity index (χ0n) is 14.1. The van der Waals surface area contributed by atoms with Crippen molar-refractivity contribution in [3.05, 3.63) is 60.4 Å². The molecule has 7 nitrogen and oxygen atoms in total. The Balaban J connectivity index is 1.61. The first-order chi connectivity index (χ1) is 12.2. The van der Waals surface area contributed by atoms with E-state index in [1.165, 1.54) is 5.56 Å². The van der Waals surface area contributed by atoms with E-state index in [0.29, 0.717) is 11.9 Å². The SMILES string of the molecule is CN1CC[C@H](Nc2cc(-n3cccn3)nc(N)n2)[C@H]1c1ccccc1. The highest BCUT2D eigenvalue weighted by Gasteiger charge is 2.33. The highest BCUT2D eigenvalue weighted by molar-refractivity contribution is 5.47. The van der Waals surface area contributed by atoms with Crippen molar-refractivity contribution >= 4 is 11.8 Å². The Morgan fingerprint density at radius 2 is 2.00 bits per heavy atom. The van der Waals surface area contributed by atoms with E-state index in [0.717, 1.165) is 18.8 Å². The molecular weight excluding hydrogens is 314 g/mol. The summed E-state index contributed by atoms with van der Waals surface area (Å²) in [7, 11) is 2.16. The van der Waals surface area contributed by atoms with Crippen molar-refractivity contribution < 1.29 is 0 Å². The van der Waals surface area contributed by atoms with Crippen LogP contribution < -0.4 is 11.1 Å². The predicted molar refractivity (Wildman–Crippen MR) is 97.4 cm³/mol. The van der Waals surface area contributed by atoms with Crippen molar-refractivity contribution in [2.75, 3.05) is 24.6 Å². The summed E-state index contributed by atoms with van der Waals surface area (Å²) in [5.41, 5.74) is 7.20. The number of benzene rings is 1. The van der Waals surface area contributed by atoms with Crippen LogP contribution in [0.1, 0.15) is 18.0 Å². The molecule has 1 aliphatic rings. The van der Waals surface area contributed by atoms with Crippen molar-refractivity contribution in [3.63, 3.8) is 0 Å².